The smallest absolute Gasteiger partial charge is 0.328 e. The summed E-state index contributed by atoms with van der Waals surface area (Å²) in [6, 6.07) is -0.607. The maximum Gasteiger partial charge on any atom is 0.328 e. The molecule has 0 saturated carbocycles. The molecule has 1 rings (SSSR count). The van der Waals surface area contributed by atoms with E-state index >= 15 is 0 Å². The lowest BCUT2D eigenvalue weighted by atomic mass is 9.87. The number of amides is 3. The zero-order chi connectivity index (χ0) is 19.1. The van der Waals surface area contributed by atoms with E-state index in [9.17, 15) is 19.8 Å². The summed E-state index contributed by atoms with van der Waals surface area (Å²) in [5, 5.41) is 20.1. The van der Waals surface area contributed by atoms with E-state index in [4.69, 9.17) is 0 Å². The SMILES string of the molecule is CCC(O)CC(C)N1C(=O)N(C(C)(C)CC(C)(C)O)C(=O)C1(C)C. The molecule has 2 N–H and O–H groups in total. The lowest BCUT2D eigenvalue weighted by Gasteiger charge is -2.38. The topological polar surface area (TPSA) is 81.1 Å². The molecule has 140 valence electrons. The Labute approximate surface area is 145 Å². The summed E-state index contributed by atoms with van der Waals surface area (Å²) in [6.07, 6.45) is 0.818. The molecule has 0 spiro atoms. The van der Waals surface area contributed by atoms with Crippen LogP contribution < -0.4 is 0 Å². The van der Waals surface area contributed by atoms with Crippen LogP contribution in [0.2, 0.25) is 0 Å². The lowest BCUT2D eigenvalue weighted by Crippen LogP contribution is -2.52. The largest absolute Gasteiger partial charge is 0.393 e. The summed E-state index contributed by atoms with van der Waals surface area (Å²) in [4.78, 5) is 28.8. The fraction of sp³-hybridized carbons (Fsp3) is 0.889. The van der Waals surface area contributed by atoms with Crippen molar-refractivity contribution in [3.8, 4) is 0 Å². The van der Waals surface area contributed by atoms with Gasteiger partial charge >= 0.3 is 6.03 Å². The maximum atomic E-state index is 13.0. The van der Waals surface area contributed by atoms with E-state index in [-0.39, 0.29) is 24.4 Å². The molecule has 6 nitrogen and oxygen atoms in total. The van der Waals surface area contributed by atoms with Crippen molar-refractivity contribution in [3.05, 3.63) is 0 Å². The van der Waals surface area contributed by atoms with Crippen molar-refractivity contribution in [3.63, 3.8) is 0 Å². The molecular weight excluding hydrogens is 308 g/mol. The van der Waals surface area contributed by atoms with E-state index in [1.54, 1.807) is 46.4 Å². The van der Waals surface area contributed by atoms with Gasteiger partial charge in [0.05, 0.1) is 11.7 Å². The van der Waals surface area contributed by atoms with E-state index in [1.165, 1.54) is 4.90 Å². The molecule has 0 aromatic heterocycles. The highest BCUT2D eigenvalue weighted by Crippen LogP contribution is 2.38. The van der Waals surface area contributed by atoms with Gasteiger partial charge in [0.25, 0.3) is 5.91 Å². The van der Waals surface area contributed by atoms with Crippen LogP contribution in [0.4, 0.5) is 4.79 Å². The molecule has 0 aromatic carbocycles. The Morgan fingerprint density at radius 3 is 2.08 bits per heavy atom. The number of rotatable bonds is 7. The third-order valence-corrected chi connectivity index (χ3v) is 4.72. The maximum absolute atomic E-state index is 13.0. The molecule has 6 heteroatoms. The van der Waals surface area contributed by atoms with Gasteiger partial charge in [-0.3, -0.25) is 9.69 Å². The van der Waals surface area contributed by atoms with Gasteiger partial charge in [0.2, 0.25) is 0 Å². The minimum Gasteiger partial charge on any atom is -0.393 e. The van der Waals surface area contributed by atoms with Crippen molar-refractivity contribution in [2.75, 3.05) is 0 Å². The minimum absolute atomic E-state index is 0.255. The van der Waals surface area contributed by atoms with Crippen molar-refractivity contribution < 1.29 is 19.8 Å². The quantitative estimate of drug-likeness (QED) is 0.697. The molecule has 1 saturated heterocycles. The number of hydrogen-bond donors (Lipinski definition) is 2. The highest BCUT2D eigenvalue weighted by Gasteiger charge is 2.57. The third-order valence-electron chi connectivity index (χ3n) is 4.72. The first-order valence-electron chi connectivity index (χ1n) is 8.73. The molecule has 0 bridgehead atoms. The van der Waals surface area contributed by atoms with Crippen molar-refractivity contribution in [1.82, 2.24) is 9.80 Å². The van der Waals surface area contributed by atoms with Crippen LogP contribution >= 0.6 is 0 Å². The molecule has 2 unspecified atom stereocenters. The van der Waals surface area contributed by atoms with Crippen LogP contribution in [0.3, 0.4) is 0 Å². The van der Waals surface area contributed by atoms with Gasteiger partial charge < -0.3 is 15.1 Å². The zero-order valence-electron chi connectivity index (χ0n) is 16.4. The average molecular weight is 342 g/mol. The molecular formula is C18H34N2O4. The molecule has 0 aliphatic carbocycles. The van der Waals surface area contributed by atoms with Crippen LogP contribution in [-0.2, 0) is 4.79 Å². The summed E-state index contributed by atoms with van der Waals surface area (Å²) in [6.45, 7) is 14.2. The number of imide groups is 1. The van der Waals surface area contributed by atoms with E-state index in [0.29, 0.717) is 12.8 Å². The molecule has 1 aliphatic rings. The Hall–Kier alpha value is -1.14. The summed E-state index contributed by atoms with van der Waals surface area (Å²) in [5.41, 5.74) is -2.77. The number of nitrogens with zero attached hydrogens (tertiary/aromatic N) is 2. The van der Waals surface area contributed by atoms with Crippen molar-refractivity contribution >= 4 is 11.9 Å². The highest BCUT2D eigenvalue weighted by molar-refractivity contribution is 6.07. The van der Waals surface area contributed by atoms with E-state index in [2.05, 4.69) is 0 Å². The first kappa shape index (κ1) is 20.9. The Morgan fingerprint density at radius 1 is 1.17 bits per heavy atom. The second-order valence-electron chi connectivity index (χ2n) is 8.80. The normalized spacial score (nSPS) is 21.4. The number of aliphatic hydroxyl groups excluding tert-OH is 1. The third kappa shape index (κ3) is 4.09. The summed E-state index contributed by atoms with van der Waals surface area (Å²) >= 11 is 0. The number of carbonyl (C=O) groups excluding carboxylic acids is 2. The summed E-state index contributed by atoms with van der Waals surface area (Å²) in [7, 11) is 0. The van der Waals surface area contributed by atoms with Crippen LogP contribution in [0.25, 0.3) is 0 Å². The summed E-state index contributed by atoms with van der Waals surface area (Å²) < 4.78 is 0. The van der Waals surface area contributed by atoms with Gasteiger partial charge in [-0.1, -0.05) is 6.92 Å². The Balaban J connectivity index is 3.16. The lowest BCUT2D eigenvalue weighted by molar-refractivity contribution is -0.136. The first-order chi connectivity index (χ1) is 10.6. The van der Waals surface area contributed by atoms with Gasteiger partial charge in [0.1, 0.15) is 5.54 Å². The zero-order valence-corrected chi connectivity index (χ0v) is 16.4. The molecule has 2 atom stereocenters. The number of aliphatic hydroxyl groups is 2. The Kier molecular flexibility index (Phi) is 5.78. The first-order valence-corrected chi connectivity index (χ1v) is 8.73. The summed E-state index contributed by atoms with van der Waals surface area (Å²) in [5.74, 6) is -0.264. The van der Waals surface area contributed by atoms with Gasteiger partial charge in [-0.25, -0.2) is 4.79 Å². The Bertz CT molecular complexity index is 494. The molecule has 1 heterocycles. The number of hydrogen-bond acceptors (Lipinski definition) is 4. The second-order valence-corrected chi connectivity index (χ2v) is 8.80. The molecule has 0 aromatic rings. The molecule has 1 fully saturated rings. The molecule has 3 amide bonds. The van der Waals surface area contributed by atoms with Crippen LogP contribution in [-0.4, -0.2) is 60.8 Å². The number of urea groups is 1. The van der Waals surface area contributed by atoms with Gasteiger partial charge in [0.15, 0.2) is 0 Å². The number of carbonyl (C=O) groups is 2. The molecule has 24 heavy (non-hydrogen) atoms. The van der Waals surface area contributed by atoms with Gasteiger partial charge in [0, 0.05) is 11.6 Å². The van der Waals surface area contributed by atoms with Crippen LogP contribution in [0.5, 0.6) is 0 Å². The highest BCUT2D eigenvalue weighted by atomic mass is 16.3. The van der Waals surface area contributed by atoms with Crippen molar-refractivity contribution in [2.45, 2.75) is 103 Å². The molecule has 1 aliphatic heterocycles. The fourth-order valence-corrected chi connectivity index (χ4v) is 3.89. The van der Waals surface area contributed by atoms with Crippen LogP contribution in [0.15, 0.2) is 0 Å². The van der Waals surface area contributed by atoms with Crippen molar-refractivity contribution in [1.29, 1.82) is 0 Å². The van der Waals surface area contributed by atoms with Crippen molar-refractivity contribution in [2.24, 2.45) is 0 Å². The van der Waals surface area contributed by atoms with Gasteiger partial charge in [-0.05, 0) is 67.7 Å². The monoisotopic (exact) mass is 342 g/mol. The van der Waals surface area contributed by atoms with E-state index in [0.717, 1.165) is 0 Å². The Morgan fingerprint density at radius 2 is 1.67 bits per heavy atom. The van der Waals surface area contributed by atoms with Gasteiger partial charge in [-0.15, -0.1) is 0 Å². The molecule has 0 radical (unpaired) electrons. The predicted molar refractivity (Wildman–Crippen MR) is 93.5 cm³/mol. The standard InChI is InChI=1S/C18H34N2O4/c1-9-13(21)10-12(2)19-15(23)20(14(22)18(19,7)8)16(3,4)11-17(5,6)24/h12-13,21,24H,9-11H2,1-8H3. The fourth-order valence-electron chi connectivity index (χ4n) is 3.89. The second kappa shape index (κ2) is 6.64. The predicted octanol–water partition coefficient (Wildman–Crippen LogP) is 2.52. The average Bonchev–Trinajstić information content (AvgIpc) is 2.52. The van der Waals surface area contributed by atoms with E-state index < -0.39 is 22.8 Å². The van der Waals surface area contributed by atoms with Crippen LogP contribution in [0, 0.1) is 0 Å². The van der Waals surface area contributed by atoms with E-state index in [1.807, 2.05) is 13.8 Å². The van der Waals surface area contributed by atoms with Gasteiger partial charge in [-0.2, -0.15) is 0 Å². The minimum atomic E-state index is -0.994. The van der Waals surface area contributed by atoms with Crippen LogP contribution in [0.1, 0.15) is 74.7 Å².